The molecule has 0 spiro atoms. The van der Waals surface area contributed by atoms with Crippen molar-refractivity contribution in [2.45, 2.75) is 0 Å². The highest BCUT2D eigenvalue weighted by Crippen LogP contribution is 2.25. The monoisotopic (exact) mass is 508 g/mol. The zero-order valence-corrected chi connectivity index (χ0v) is 20.4. The van der Waals surface area contributed by atoms with Gasteiger partial charge < -0.3 is 0 Å². The number of nitriles is 2. The van der Waals surface area contributed by atoms with E-state index in [0.717, 1.165) is 16.8 Å². The van der Waals surface area contributed by atoms with Gasteiger partial charge in [-0.3, -0.25) is 15.6 Å². The summed E-state index contributed by atoms with van der Waals surface area (Å²) in [5, 5.41) is 46.8. The van der Waals surface area contributed by atoms with E-state index in [2.05, 4.69) is 41.2 Å². The van der Waals surface area contributed by atoms with E-state index in [9.17, 15) is 10.5 Å². The zero-order valence-electron chi connectivity index (χ0n) is 20.4. The lowest BCUT2D eigenvalue weighted by Crippen LogP contribution is -2.05. The van der Waals surface area contributed by atoms with Crippen LogP contribution in [0.5, 0.6) is 0 Å². The van der Waals surface area contributed by atoms with Crippen molar-refractivity contribution in [2.75, 3.05) is 5.43 Å². The first-order valence-corrected chi connectivity index (χ1v) is 11.8. The van der Waals surface area contributed by atoms with E-state index in [1.165, 1.54) is 0 Å². The molecule has 0 bridgehead atoms. The molecule has 0 aliphatic carbocycles. The normalized spacial score (nSPS) is 11.1. The first-order valence-electron chi connectivity index (χ1n) is 11.8. The van der Waals surface area contributed by atoms with Crippen LogP contribution in [0.3, 0.4) is 0 Å². The molecule has 0 fully saturated rings. The minimum absolute atomic E-state index is 0.0195. The SMILES string of the molecule is N#CC(C#N)=C(C(N=Nc1cc(-c2ccccc2)n[nH]1)=NNc1cc(-c2ccccc2)n[nH]1)c1ccccc1. The highest BCUT2D eigenvalue weighted by molar-refractivity contribution is 6.25. The summed E-state index contributed by atoms with van der Waals surface area (Å²) in [6.45, 7) is 0. The van der Waals surface area contributed by atoms with Gasteiger partial charge in [-0.1, -0.05) is 91.0 Å². The number of aromatic nitrogens is 4. The fourth-order valence-electron chi connectivity index (χ4n) is 3.72. The Labute approximate surface area is 223 Å². The molecule has 0 radical (unpaired) electrons. The molecule has 39 heavy (non-hydrogen) atoms. The van der Waals surface area contributed by atoms with Crippen LogP contribution in [0.4, 0.5) is 11.6 Å². The van der Waals surface area contributed by atoms with Crippen molar-refractivity contribution < 1.29 is 0 Å². The van der Waals surface area contributed by atoms with Gasteiger partial charge in [0.05, 0.1) is 17.0 Å². The summed E-state index contributed by atoms with van der Waals surface area (Å²) in [7, 11) is 0. The van der Waals surface area contributed by atoms with Crippen molar-refractivity contribution in [3.05, 3.63) is 114 Å². The van der Waals surface area contributed by atoms with Gasteiger partial charge in [-0.05, 0) is 5.56 Å². The maximum Gasteiger partial charge on any atom is 0.203 e. The first-order chi connectivity index (χ1) is 19.2. The van der Waals surface area contributed by atoms with Crippen LogP contribution in [0, 0.1) is 22.7 Å². The maximum absolute atomic E-state index is 9.73. The predicted molar refractivity (Wildman–Crippen MR) is 148 cm³/mol. The number of hydrogen-bond donors (Lipinski definition) is 3. The summed E-state index contributed by atoms with van der Waals surface area (Å²) in [5.74, 6) is 0.876. The lowest BCUT2D eigenvalue weighted by molar-refractivity contribution is 1.06. The molecule has 0 aliphatic heterocycles. The number of hydrogen-bond acceptors (Lipinski definition) is 7. The second kappa shape index (κ2) is 11.7. The Morgan fingerprint density at radius 3 is 1.90 bits per heavy atom. The molecule has 0 atom stereocenters. The van der Waals surface area contributed by atoms with Crippen LogP contribution in [0.1, 0.15) is 5.56 Å². The third-order valence-corrected chi connectivity index (χ3v) is 5.58. The topological polar surface area (TPSA) is 154 Å². The highest BCUT2D eigenvalue weighted by atomic mass is 15.4. The Bertz CT molecular complexity index is 1720. The van der Waals surface area contributed by atoms with Crippen molar-refractivity contribution >= 4 is 23.0 Å². The lowest BCUT2D eigenvalue weighted by Gasteiger charge is -2.07. The average molecular weight is 509 g/mol. The van der Waals surface area contributed by atoms with Gasteiger partial charge in [0.1, 0.15) is 23.5 Å². The molecular weight excluding hydrogens is 488 g/mol. The number of hydrazone groups is 1. The van der Waals surface area contributed by atoms with Crippen LogP contribution in [0.25, 0.3) is 28.1 Å². The number of nitrogens with one attached hydrogen (secondary N) is 3. The van der Waals surface area contributed by atoms with Crippen LogP contribution in [0.2, 0.25) is 0 Å². The third kappa shape index (κ3) is 5.82. The number of amidine groups is 1. The fourth-order valence-corrected chi connectivity index (χ4v) is 3.72. The summed E-state index contributed by atoms with van der Waals surface area (Å²) in [6.07, 6.45) is 0. The lowest BCUT2D eigenvalue weighted by atomic mass is 10.0. The van der Waals surface area contributed by atoms with Crippen LogP contribution in [-0.4, -0.2) is 26.2 Å². The fraction of sp³-hybridized carbons (Fsp3) is 0. The van der Waals surface area contributed by atoms with E-state index in [1.54, 1.807) is 36.4 Å². The minimum Gasteiger partial charge on any atom is -0.261 e. The molecule has 0 amide bonds. The Balaban J connectivity index is 1.52. The zero-order chi connectivity index (χ0) is 26.9. The molecule has 0 saturated carbocycles. The summed E-state index contributed by atoms with van der Waals surface area (Å²) in [5.41, 5.74) is 6.80. The quantitative estimate of drug-likeness (QED) is 0.0755. The van der Waals surface area contributed by atoms with Crippen LogP contribution in [-0.2, 0) is 0 Å². The van der Waals surface area contributed by atoms with E-state index in [0.29, 0.717) is 22.9 Å². The Morgan fingerprint density at radius 2 is 1.28 bits per heavy atom. The standard InChI is InChI=1S/C29H20N10/c30-18-23(19-31)28(22-14-8-3-9-15-22)29(38-36-26-16-24(32-34-26)20-10-4-1-5-11-20)39-37-27-17-25(33-35-27)21-12-6-2-7-13-21/h1-17H,(H,32,34)(H2,33,35,37). The largest absolute Gasteiger partial charge is 0.261 e. The van der Waals surface area contributed by atoms with Gasteiger partial charge in [-0.15, -0.1) is 10.2 Å². The van der Waals surface area contributed by atoms with E-state index in [1.807, 2.05) is 78.9 Å². The smallest absolute Gasteiger partial charge is 0.203 e. The number of H-pyrrole nitrogens is 2. The van der Waals surface area contributed by atoms with Crippen molar-refractivity contribution in [2.24, 2.45) is 15.3 Å². The Hall–Kier alpha value is -6.13. The highest BCUT2D eigenvalue weighted by Gasteiger charge is 2.17. The number of anilines is 1. The number of benzene rings is 3. The Kier molecular flexibility index (Phi) is 7.39. The number of azo groups is 1. The van der Waals surface area contributed by atoms with E-state index >= 15 is 0 Å². The molecule has 5 rings (SSSR count). The molecule has 0 saturated heterocycles. The summed E-state index contributed by atoms with van der Waals surface area (Å²) < 4.78 is 0. The molecule has 3 aromatic carbocycles. The van der Waals surface area contributed by atoms with E-state index in [4.69, 9.17) is 0 Å². The van der Waals surface area contributed by atoms with Crippen molar-refractivity contribution in [1.82, 2.24) is 20.4 Å². The molecule has 10 nitrogen and oxygen atoms in total. The average Bonchev–Trinajstić information content (AvgIpc) is 3.68. The van der Waals surface area contributed by atoms with Crippen molar-refractivity contribution in [3.63, 3.8) is 0 Å². The van der Waals surface area contributed by atoms with Crippen molar-refractivity contribution in [3.8, 4) is 34.7 Å². The van der Waals surface area contributed by atoms with Gasteiger partial charge in [0.2, 0.25) is 5.84 Å². The molecule has 186 valence electrons. The maximum atomic E-state index is 9.73. The number of aromatic amines is 2. The van der Waals surface area contributed by atoms with Gasteiger partial charge in [-0.25, -0.2) is 0 Å². The summed E-state index contributed by atoms with van der Waals surface area (Å²) in [6, 6.07) is 35.7. The molecule has 5 aromatic rings. The number of nitrogens with zero attached hydrogens (tertiary/aromatic N) is 7. The molecule has 0 unspecified atom stereocenters. The summed E-state index contributed by atoms with van der Waals surface area (Å²) in [4.78, 5) is 0. The van der Waals surface area contributed by atoms with Gasteiger partial charge in [0.15, 0.2) is 5.82 Å². The Morgan fingerprint density at radius 1 is 0.718 bits per heavy atom. The van der Waals surface area contributed by atoms with Gasteiger partial charge in [-0.2, -0.15) is 25.8 Å². The predicted octanol–water partition coefficient (Wildman–Crippen LogP) is 6.48. The van der Waals surface area contributed by atoms with Gasteiger partial charge >= 0.3 is 0 Å². The van der Waals surface area contributed by atoms with Crippen LogP contribution in [0.15, 0.2) is 124 Å². The number of rotatable bonds is 7. The summed E-state index contributed by atoms with van der Waals surface area (Å²) >= 11 is 0. The molecule has 2 heterocycles. The molecule has 0 aliphatic rings. The second-order valence-corrected chi connectivity index (χ2v) is 8.12. The van der Waals surface area contributed by atoms with Gasteiger partial charge in [0.25, 0.3) is 0 Å². The molecular formula is C29H20N10. The van der Waals surface area contributed by atoms with Gasteiger partial charge in [0, 0.05) is 23.3 Å². The minimum atomic E-state index is -0.162. The van der Waals surface area contributed by atoms with Crippen LogP contribution < -0.4 is 5.43 Å². The van der Waals surface area contributed by atoms with E-state index in [-0.39, 0.29) is 17.0 Å². The number of allylic oxidation sites excluding steroid dienone is 1. The second-order valence-electron chi connectivity index (χ2n) is 8.12. The van der Waals surface area contributed by atoms with E-state index < -0.39 is 0 Å². The molecule has 2 aromatic heterocycles. The third-order valence-electron chi connectivity index (χ3n) is 5.58. The first kappa shape index (κ1) is 24.6. The van der Waals surface area contributed by atoms with Crippen LogP contribution >= 0.6 is 0 Å². The molecule has 10 heteroatoms. The molecule has 3 N–H and O–H groups in total. The van der Waals surface area contributed by atoms with Crippen molar-refractivity contribution in [1.29, 1.82) is 10.5 Å².